The minimum Gasteiger partial charge on any atom is -0.497 e. The predicted molar refractivity (Wildman–Crippen MR) is 138 cm³/mol. The third-order valence-corrected chi connectivity index (χ3v) is 6.72. The number of allylic oxidation sites excluding steroid dienone is 1. The third-order valence-electron chi connectivity index (χ3n) is 5.74. The average Bonchev–Trinajstić information content (AvgIpc) is 3.16. The number of hydrogen-bond donors (Lipinski definition) is 0. The van der Waals surface area contributed by atoms with Crippen LogP contribution in [0.4, 0.5) is 0 Å². The summed E-state index contributed by atoms with van der Waals surface area (Å²) in [6, 6.07) is 12.0. The van der Waals surface area contributed by atoms with Gasteiger partial charge in [0.1, 0.15) is 5.75 Å². The van der Waals surface area contributed by atoms with Gasteiger partial charge < -0.3 is 18.9 Å². The van der Waals surface area contributed by atoms with Crippen molar-refractivity contribution in [3.63, 3.8) is 0 Å². The number of carbonyl (C=O) groups is 1. The van der Waals surface area contributed by atoms with Crippen molar-refractivity contribution in [2.75, 3.05) is 21.3 Å². The number of carbonyl (C=O) groups excluding carboxylic acids is 1. The van der Waals surface area contributed by atoms with E-state index in [1.165, 1.54) is 11.3 Å². The molecule has 0 fully saturated rings. The average molecular weight is 509 g/mol. The highest BCUT2D eigenvalue weighted by Gasteiger charge is 2.33. The van der Waals surface area contributed by atoms with Crippen LogP contribution in [0.25, 0.3) is 6.08 Å². The summed E-state index contributed by atoms with van der Waals surface area (Å²) in [6.07, 6.45) is 1.43. The van der Waals surface area contributed by atoms with Crippen LogP contribution in [0.5, 0.6) is 17.2 Å². The molecule has 1 unspecified atom stereocenters. The van der Waals surface area contributed by atoms with E-state index < -0.39 is 12.0 Å². The monoisotopic (exact) mass is 508 g/mol. The molecule has 0 aliphatic carbocycles. The summed E-state index contributed by atoms with van der Waals surface area (Å²) >= 11 is 1.25. The number of hydrogen-bond acceptors (Lipinski definition) is 8. The highest BCUT2D eigenvalue weighted by molar-refractivity contribution is 7.07. The predicted octanol–water partition coefficient (Wildman–Crippen LogP) is 3.21. The molecule has 1 aromatic heterocycles. The Kier molecular flexibility index (Phi) is 7.30. The Morgan fingerprint density at radius 1 is 1.06 bits per heavy atom. The van der Waals surface area contributed by atoms with Gasteiger partial charge in [-0.1, -0.05) is 35.6 Å². The molecule has 0 saturated carbocycles. The first-order chi connectivity index (χ1) is 17.3. The second-order valence-electron chi connectivity index (χ2n) is 8.39. The number of para-hydroxylation sites is 1. The summed E-state index contributed by atoms with van der Waals surface area (Å²) in [5.41, 5.74) is 2.00. The largest absolute Gasteiger partial charge is 0.497 e. The molecule has 0 N–H and O–H groups in total. The molecule has 9 heteroatoms. The van der Waals surface area contributed by atoms with E-state index in [2.05, 4.69) is 4.99 Å². The van der Waals surface area contributed by atoms with Crippen molar-refractivity contribution in [2.24, 2.45) is 4.99 Å². The zero-order valence-electron chi connectivity index (χ0n) is 21.0. The van der Waals surface area contributed by atoms with Crippen molar-refractivity contribution in [1.29, 1.82) is 0 Å². The highest BCUT2D eigenvalue weighted by Crippen LogP contribution is 2.33. The first-order valence-corrected chi connectivity index (χ1v) is 12.2. The number of fused-ring (bicyclic) bond motifs is 1. The Bertz CT molecular complexity index is 1500. The zero-order chi connectivity index (χ0) is 26.0. The fraction of sp³-hybridized carbons (Fsp3) is 0.296. The molecule has 4 rings (SSSR count). The summed E-state index contributed by atoms with van der Waals surface area (Å²) in [5, 5.41) is 0. The molecule has 2 heterocycles. The summed E-state index contributed by atoms with van der Waals surface area (Å²) in [5.74, 6) is 1.25. The van der Waals surface area contributed by atoms with E-state index in [1.54, 1.807) is 70.9 Å². The molecule has 0 spiro atoms. The number of esters is 1. The third kappa shape index (κ3) is 4.66. The van der Waals surface area contributed by atoms with E-state index in [1.807, 2.05) is 24.3 Å². The molecule has 188 valence electrons. The van der Waals surface area contributed by atoms with Crippen LogP contribution < -0.4 is 29.1 Å². The number of nitrogens with zero attached hydrogens (tertiary/aromatic N) is 2. The van der Waals surface area contributed by atoms with Crippen molar-refractivity contribution in [2.45, 2.75) is 32.9 Å². The lowest BCUT2D eigenvalue weighted by Gasteiger charge is -2.25. The van der Waals surface area contributed by atoms with Crippen molar-refractivity contribution in [1.82, 2.24) is 4.57 Å². The summed E-state index contributed by atoms with van der Waals surface area (Å²) < 4.78 is 23.8. The van der Waals surface area contributed by atoms with E-state index in [-0.39, 0.29) is 11.7 Å². The van der Waals surface area contributed by atoms with Gasteiger partial charge in [0, 0.05) is 5.56 Å². The van der Waals surface area contributed by atoms with Crippen molar-refractivity contribution < 1.29 is 23.7 Å². The minimum atomic E-state index is -0.701. The van der Waals surface area contributed by atoms with Crippen LogP contribution in [0.1, 0.15) is 37.9 Å². The molecule has 1 atom stereocenters. The molecule has 8 nitrogen and oxygen atoms in total. The normalized spacial score (nSPS) is 15.4. The van der Waals surface area contributed by atoms with Crippen LogP contribution in [0.15, 0.2) is 63.5 Å². The molecular formula is C27H28N2O6S. The first-order valence-electron chi connectivity index (χ1n) is 11.4. The smallest absolute Gasteiger partial charge is 0.338 e. The number of aromatic nitrogens is 1. The van der Waals surface area contributed by atoms with Crippen LogP contribution in [-0.2, 0) is 9.53 Å². The van der Waals surface area contributed by atoms with Crippen LogP contribution in [-0.4, -0.2) is 38.0 Å². The molecule has 36 heavy (non-hydrogen) atoms. The number of benzene rings is 2. The van der Waals surface area contributed by atoms with E-state index in [4.69, 9.17) is 18.9 Å². The molecule has 1 aliphatic rings. The van der Waals surface area contributed by atoms with Crippen molar-refractivity contribution in [3.05, 3.63) is 84.5 Å². The van der Waals surface area contributed by atoms with E-state index in [0.29, 0.717) is 43.4 Å². The van der Waals surface area contributed by atoms with Crippen LogP contribution >= 0.6 is 11.3 Å². The van der Waals surface area contributed by atoms with Gasteiger partial charge in [-0.15, -0.1) is 0 Å². The summed E-state index contributed by atoms with van der Waals surface area (Å²) in [4.78, 5) is 32.1. The van der Waals surface area contributed by atoms with E-state index in [9.17, 15) is 9.59 Å². The van der Waals surface area contributed by atoms with E-state index >= 15 is 0 Å². The Morgan fingerprint density at radius 3 is 2.39 bits per heavy atom. The molecule has 0 saturated heterocycles. The van der Waals surface area contributed by atoms with Crippen molar-refractivity contribution in [3.8, 4) is 17.2 Å². The maximum absolute atomic E-state index is 13.8. The van der Waals surface area contributed by atoms with Gasteiger partial charge >= 0.3 is 5.97 Å². The Labute approximate surface area is 212 Å². The Morgan fingerprint density at radius 2 is 1.78 bits per heavy atom. The topological polar surface area (TPSA) is 88.4 Å². The lowest BCUT2D eigenvalue weighted by molar-refractivity contribution is -0.143. The fourth-order valence-electron chi connectivity index (χ4n) is 4.13. The molecule has 2 aromatic carbocycles. The van der Waals surface area contributed by atoms with Gasteiger partial charge in [0.2, 0.25) is 0 Å². The van der Waals surface area contributed by atoms with Gasteiger partial charge in [-0.25, -0.2) is 9.79 Å². The number of ether oxygens (including phenoxy) is 4. The lowest BCUT2D eigenvalue weighted by atomic mass is 9.96. The second kappa shape index (κ2) is 10.4. The maximum atomic E-state index is 13.8. The van der Waals surface area contributed by atoms with Gasteiger partial charge in [-0.3, -0.25) is 9.36 Å². The fourth-order valence-corrected chi connectivity index (χ4v) is 5.17. The minimum absolute atomic E-state index is 0.271. The zero-order valence-corrected chi connectivity index (χ0v) is 21.8. The number of methoxy groups -OCH3 is 3. The van der Waals surface area contributed by atoms with Crippen LogP contribution in [0.2, 0.25) is 0 Å². The van der Waals surface area contributed by atoms with Crippen molar-refractivity contribution >= 4 is 23.4 Å². The standard InChI is InChI=1S/C27H28N2O6S/c1-15(2)35-26(31)22-16(3)28-27-29(23(22)17-10-12-19(32-4)13-11-17)25(30)21(36-27)14-18-8-7-9-20(33-5)24(18)34-6/h7-15,23H,1-6H3/b21-14-. The van der Waals surface area contributed by atoms with Gasteiger partial charge in [-0.2, -0.15) is 0 Å². The highest BCUT2D eigenvalue weighted by atomic mass is 32.1. The first kappa shape index (κ1) is 25.2. The second-order valence-corrected chi connectivity index (χ2v) is 9.40. The molecule has 3 aromatic rings. The number of thiazole rings is 1. The summed E-state index contributed by atoms with van der Waals surface area (Å²) in [6.45, 7) is 5.33. The number of rotatable bonds is 7. The molecule has 0 bridgehead atoms. The van der Waals surface area contributed by atoms with Gasteiger partial charge in [0.15, 0.2) is 16.3 Å². The van der Waals surface area contributed by atoms with Gasteiger partial charge in [0.25, 0.3) is 5.56 Å². The van der Waals surface area contributed by atoms with E-state index in [0.717, 1.165) is 5.56 Å². The van der Waals surface area contributed by atoms with Gasteiger partial charge in [-0.05, 0) is 50.6 Å². The van der Waals surface area contributed by atoms with Crippen LogP contribution in [0.3, 0.4) is 0 Å². The molecule has 1 aliphatic heterocycles. The molecule has 0 amide bonds. The van der Waals surface area contributed by atoms with Crippen LogP contribution in [0, 0.1) is 0 Å². The Balaban J connectivity index is 1.95. The SMILES string of the molecule is COc1ccc(C2C(C(=O)OC(C)C)=C(C)N=c3s/c(=C\c4cccc(OC)c4OC)c(=O)n32)cc1. The quantitative estimate of drug-likeness (QED) is 0.456. The summed E-state index contributed by atoms with van der Waals surface area (Å²) in [7, 11) is 4.70. The lowest BCUT2D eigenvalue weighted by Crippen LogP contribution is -2.40. The maximum Gasteiger partial charge on any atom is 0.338 e. The van der Waals surface area contributed by atoms with Gasteiger partial charge in [0.05, 0.1) is 49.3 Å². The molecule has 0 radical (unpaired) electrons. The molecular weight excluding hydrogens is 480 g/mol. The Hall–Kier alpha value is -3.85.